The molecule has 1 saturated heterocycles. The first-order valence-corrected chi connectivity index (χ1v) is 11.4. The van der Waals surface area contributed by atoms with Gasteiger partial charge in [-0.15, -0.1) is 0 Å². The Morgan fingerprint density at radius 3 is 2.58 bits per heavy atom. The van der Waals surface area contributed by atoms with Crippen LogP contribution in [0, 0.1) is 17.5 Å². The van der Waals surface area contributed by atoms with Crippen LogP contribution in [0.4, 0.5) is 23.8 Å². The van der Waals surface area contributed by atoms with E-state index in [0.29, 0.717) is 28.6 Å². The third-order valence-corrected chi connectivity index (χ3v) is 6.58. The van der Waals surface area contributed by atoms with E-state index < -0.39 is 17.5 Å². The highest BCUT2D eigenvalue weighted by Gasteiger charge is 2.27. The number of benzene rings is 1. The van der Waals surface area contributed by atoms with E-state index in [1.165, 1.54) is 12.1 Å². The van der Waals surface area contributed by atoms with Crippen molar-refractivity contribution in [3.63, 3.8) is 0 Å². The fourth-order valence-corrected chi connectivity index (χ4v) is 4.85. The summed E-state index contributed by atoms with van der Waals surface area (Å²) < 4.78 is 41.9. The molecule has 9 heteroatoms. The summed E-state index contributed by atoms with van der Waals surface area (Å²) in [7, 11) is 0. The summed E-state index contributed by atoms with van der Waals surface area (Å²) in [6.45, 7) is 1.60. The number of nitrogens with zero attached hydrogens (tertiary/aromatic N) is 2. The van der Waals surface area contributed by atoms with E-state index in [1.54, 1.807) is 6.20 Å². The Morgan fingerprint density at radius 1 is 1.00 bits per heavy atom. The number of H-pyrrole nitrogens is 1. The lowest BCUT2D eigenvalue weighted by Crippen LogP contribution is -2.47. The summed E-state index contributed by atoms with van der Waals surface area (Å²) in [5.41, 5.74) is 1.45. The molecule has 3 N–H and O–H groups in total. The normalized spacial score (nSPS) is 20.9. The number of halogens is 3. The molecule has 3 heterocycles. The topological polar surface area (TPSA) is 73.0 Å². The van der Waals surface area contributed by atoms with Gasteiger partial charge in [-0.2, -0.15) is 0 Å². The summed E-state index contributed by atoms with van der Waals surface area (Å²) in [5, 5.41) is 6.79. The molecule has 3 aromatic rings. The number of amides is 2. The number of rotatable bonds is 4. The molecule has 2 amide bonds. The third-order valence-electron chi connectivity index (χ3n) is 6.58. The third kappa shape index (κ3) is 4.49. The first-order chi connectivity index (χ1) is 16.0. The summed E-state index contributed by atoms with van der Waals surface area (Å²) in [6.07, 6.45) is 7.03. The number of fused-ring (bicyclic) bond motifs is 1. The van der Waals surface area contributed by atoms with Gasteiger partial charge in [0.1, 0.15) is 0 Å². The fourth-order valence-electron chi connectivity index (χ4n) is 4.85. The second-order valence-corrected chi connectivity index (χ2v) is 8.89. The van der Waals surface area contributed by atoms with Gasteiger partial charge in [0.05, 0.1) is 5.69 Å². The zero-order valence-electron chi connectivity index (χ0n) is 18.1. The Hall–Kier alpha value is -3.23. The Bertz CT molecular complexity index is 1170. The van der Waals surface area contributed by atoms with Crippen LogP contribution in [0.25, 0.3) is 22.2 Å². The lowest BCUT2D eigenvalue weighted by Gasteiger charge is -2.32. The molecular formula is C24H26F3N5O. The van der Waals surface area contributed by atoms with Crippen LogP contribution in [0.3, 0.4) is 0 Å². The zero-order chi connectivity index (χ0) is 22.9. The number of aromatic nitrogens is 2. The molecule has 2 atom stereocenters. The number of hydrogen-bond acceptors (Lipinski definition) is 3. The number of nitrogens with one attached hydrogen (secondary N) is 3. The standard InChI is InChI=1S/C24H26F3N5O/c25-18-6-7-21(17-13-28-22-12-20(27)19(26)11-16(17)22)31-23(18)29-14-4-3-5-15(10-14)30-24(33)32-8-1-2-9-32/h6-7,11-15,28H,1-5,8-10H2,(H,29,31)(H,30,33). The first kappa shape index (κ1) is 21.6. The van der Waals surface area contributed by atoms with E-state index in [-0.39, 0.29) is 23.9 Å². The number of urea groups is 1. The smallest absolute Gasteiger partial charge is 0.317 e. The molecular weight excluding hydrogens is 431 g/mol. The van der Waals surface area contributed by atoms with Gasteiger partial charge in [-0.3, -0.25) is 0 Å². The van der Waals surface area contributed by atoms with E-state index in [9.17, 15) is 18.0 Å². The second kappa shape index (κ2) is 8.96. The van der Waals surface area contributed by atoms with E-state index in [4.69, 9.17) is 0 Å². The Kier molecular flexibility index (Phi) is 5.86. The first-order valence-electron chi connectivity index (χ1n) is 11.4. The number of hydrogen-bond donors (Lipinski definition) is 3. The van der Waals surface area contributed by atoms with E-state index in [2.05, 4.69) is 20.6 Å². The van der Waals surface area contributed by atoms with Crippen molar-refractivity contribution in [1.29, 1.82) is 0 Å². The van der Waals surface area contributed by atoms with Crippen molar-refractivity contribution < 1.29 is 18.0 Å². The Morgan fingerprint density at radius 2 is 1.76 bits per heavy atom. The number of carbonyl (C=O) groups excluding carboxylic acids is 1. The summed E-state index contributed by atoms with van der Waals surface area (Å²) >= 11 is 0. The molecule has 174 valence electrons. The maximum Gasteiger partial charge on any atom is 0.317 e. The van der Waals surface area contributed by atoms with Gasteiger partial charge in [0.15, 0.2) is 23.3 Å². The van der Waals surface area contributed by atoms with Crippen LogP contribution in [-0.2, 0) is 0 Å². The fraction of sp³-hybridized carbons (Fsp3) is 0.417. The van der Waals surface area contributed by atoms with Crippen molar-refractivity contribution in [2.45, 2.75) is 50.6 Å². The average Bonchev–Trinajstić information content (AvgIpc) is 3.47. The average molecular weight is 458 g/mol. The molecule has 0 radical (unpaired) electrons. The predicted molar refractivity (Wildman–Crippen MR) is 120 cm³/mol. The van der Waals surface area contributed by atoms with Crippen LogP contribution in [-0.4, -0.2) is 46.1 Å². The van der Waals surface area contributed by atoms with Crippen LogP contribution < -0.4 is 10.6 Å². The van der Waals surface area contributed by atoms with Gasteiger partial charge < -0.3 is 20.5 Å². The summed E-state index contributed by atoms with van der Waals surface area (Å²) in [5.74, 6) is -2.26. The largest absolute Gasteiger partial charge is 0.365 e. The highest BCUT2D eigenvalue weighted by molar-refractivity contribution is 5.94. The molecule has 6 nitrogen and oxygen atoms in total. The van der Waals surface area contributed by atoms with Crippen molar-refractivity contribution in [3.05, 3.63) is 47.9 Å². The van der Waals surface area contributed by atoms with Gasteiger partial charge in [-0.05, 0) is 56.7 Å². The zero-order valence-corrected chi connectivity index (χ0v) is 18.1. The van der Waals surface area contributed by atoms with Crippen molar-refractivity contribution in [1.82, 2.24) is 20.2 Å². The molecule has 2 aliphatic rings. The maximum absolute atomic E-state index is 14.6. The van der Waals surface area contributed by atoms with E-state index >= 15 is 0 Å². The minimum atomic E-state index is -0.951. The molecule has 2 unspecified atom stereocenters. The number of likely N-dealkylation sites (tertiary alicyclic amines) is 1. The minimum Gasteiger partial charge on any atom is -0.365 e. The predicted octanol–water partition coefficient (Wildman–Crippen LogP) is 5.18. The SMILES string of the molecule is O=C(NC1CCCC(Nc2nc(-c3c[nH]c4cc(F)c(F)cc34)ccc2F)C1)N1CCCC1. The van der Waals surface area contributed by atoms with Gasteiger partial charge in [0.2, 0.25) is 0 Å². The number of anilines is 1. The highest BCUT2D eigenvalue weighted by Crippen LogP contribution is 2.31. The van der Waals surface area contributed by atoms with Crippen LogP contribution in [0.5, 0.6) is 0 Å². The molecule has 33 heavy (non-hydrogen) atoms. The molecule has 5 rings (SSSR count). The van der Waals surface area contributed by atoms with Gasteiger partial charge in [0, 0.05) is 53.9 Å². The van der Waals surface area contributed by atoms with E-state index in [0.717, 1.165) is 57.3 Å². The molecule has 1 aromatic carbocycles. The molecule has 2 fully saturated rings. The Labute approximate surface area is 189 Å². The minimum absolute atomic E-state index is 0.0209. The van der Waals surface area contributed by atoms with Crippen molar-refractivity contribution in [2.75, 3.05) is 18.4 Å². The van der Waals surface area contributed by atoms with Crippen molar-refractivity contribution >= 4 is 22.8 Å². The van der Waals surface area contributed by atoms with Crippen LogP contribution in [0.1, 0.15) is 38.5 Å². The van der Waals surface area contributed by atoms with Gasteiger partial charge in [-0.25, -0.2) is 22.9 Å². The quantitative estimate of drug-likeness (QED) is 0.506. The number of aromatic amines is 1. The summed E-state index contributed by atoms with van der Waals surface area (Å²) in [6, 6.07) is 5.02. The second-order valence-electron chi connectivity index (χ2n) is 8.89. The van der Waals surface area contributed by atoms with E-state index in [1.807, 2.05) is 4.90 Å². The molecule has 0 spiro atoms. The summed E-state index contributed by atoms with van der Waals surface area (Å²) in [4.78, 5) is 21.6. The van der Waals surface area contributed by atoms with Crippen LogP contribution >= 0.6 is 0 Å². The van der Waals surface area contributed by atoms with Gasteiger partial charge in [0.25, 0.3) is 0 Å². The molecule has 1 aliphatic carbocycles. The van der Waals surface area contributed by atoms with Crippen LogP contribution in [0.2, 0.25) is 0 Å². The highest BCUT2D eigenvalue weighted by atomic mass is 19.2. The van der Waals surface area contributed by atoms with Crippen LogP contribution in [0.15, 0.2) is 30.5 Å². The van der Waals surface area contributed by atoms with Gasteiger partial charge >= 0.3 is 6.03 Å². The lowest BCUT2D eigenvalue weighted by atomic mass is 9.91. The lowest BCUT2D eigenvalue weighted by molar-refractivity contribution is 0.199. The molecule has 1 saturated carbocycles. The van der Waals surface area contributed by atoms with Crippen molar-refractivity contribution in [3.8, 4) is 11.3 Å². The maximum atomic E-state index is 14.6. The number of pyridine rings is 1. The molecule has 1 aliphatic heterocycles. The van der Waals surface area contributed by atoms with Crippen molar-refractivity contribution in [2.24, 2.45) is 0 Å². The van der Waals surface area contributed by atoms with Gasteiger partial charge in [-0.1, -0.05) is 0 Å². The number of carbonyl (C=O) groups is 1. The molecule has 0 bridgehead atoms. The molecule has 2 aromatic heterocycles. The monoisotopic (exact) mass is 457 g/mol. The Balaban J connectivity index is 1.31.